The summed E-state index contributed by atoms with van der Waals surface area (Å²) in [6.07, 6.45) is 0.211. The maximum Gasteiger partial charge on any atom is 0.227 e. The first-order chi connectivity index (χ1) is 13.6. The van der Waals surface area contributed by atoms with Gasteiger partial charge in [0, 0.05) is 20.0 Å². The lowest BCUT2D eigenvalue weighted by atomic mass is 10.1. The van der Waals surface area contributed by atoms with Gasteiger partial charge in [-0.3, -0.25) is 9.59 Å². The topological polar surface area (TPSA) is 59.1 Å². The van der Waals surface area contributed by atoms with Crippen molar-refractivity contribution in [1.29, 1.82) is 0 Å². The smallest absolute Gasteiger partial charge is 0.227 e. The maximum atomic E-state index is 12.8. The van der Waals surface area contributed by atoms with E-state index in [1.807, 2.05) is 61.5 Å². The van der Waals surface area contributed by atoms with Gasteiger partial charge in [0.05, 0.1) is 24.8 Å². The van der Waals surface area contributed by atoms with Gasteiger partial charge >= 0.3 is 0 Å². The minimum absolute atomic E-state index is 0.0404. The quantitative estimate of drug-likeness (QED) is 0.704. The summed E-state index contributed by atoms with van der Waals surface area (Å²) in [6.45, 7) is 3.66. The molecule has 1 saturated heterocycles. The first-order valence-corrected chi connectivity index (χ1v) is 9.55. The molecule has 1 heterocycles. The second-order valence-electron chi connectivity index (χ2n) is 6.73. The van der Waals surface area contributed by atoms with E-state index in [0.29, 0.717) is 32.1 Å². The number of anilines is 1. The lowest BCUT2D eigenvalue weighted by Crippen LogP contribution is -2.37. The minimum Gasteiger partial charge on any atom is -0.492 e. The predicted molar refractivity (Wildman–Crippen MR) is 108 cm³/mol. The second kappa shape index (κ2) is 9.26. The van der Waals surface area contributed by atoms with E-state index < -0.39 is 0 Å². The van der Waals surface area contributed by atoms with Crippen LogP contribution < -0.4 is 14.4 Å². The van der Waals surface area contributed by atoms with Gasteiger partial charge < -0.3 is 19.3 Å². The van der Waals surface area contributed by atoms with Crippen LogP contribution in [0.2, 0.25) is 0 Å². The Morgan fingerprint density at radius 1 is 1.11 bits per heavy atom. The molecule has 148 valence electrons. The second-order valence-corrected chi connectivity index (χ2v) is 6.73. The van der Waals surface area contributed by atoms with E-state index in [1.54, 1.807) is 16.8 Å². The molecule has 2 aromatic carbocycles. The molecule has 1 aliphatic rings. The molecule has 1 fully saturated rings. The molecular weight excluding hydrogens is 356 g/mol. The summed E-state index contributed by atoms with van der Waals surface area (Å²) >= 11 is 0. The summed E-state index contributed by atoms with van der Waals surface area (Å²) < 4.78 is 11.3. The normalized spacial score (nSPS) is 16.1. The van der Waals surface area contributed by atoms with Crippen LogP contribution in [0.25, 0.3) is 0 Å². The Morgan fingerprint density at radius 2 is 1.82 bits per heavy atom. The zero-order chi connectivity index (χ0) is 19.9. The molecule has 6 heteroatoms. The monoisotopic (exact) mass is 382 g/mol. The molecule has 2 aromatic rings. The van der Waals surface area contributed by atoms with E-state index in [2.05, 4.69) is 0 Å². The molecule has 0 spiro atoms. The van der Waals surface area contributed by atoms with Crippen molar-refractivity contribution < 1.29 is 19.1 Å². The number of ether oxygens (including phenoxy) is 2. The molecule has 0 aliphatic carbocycles. The van der Waals surface area contributed by atoms with Gasteiger partial charge in [0.2, 0.25) is 11.8 Å². The van der Waals surface area contributed by atoms with Crippen molar-refractivity contribution in [2.45, 2.75) is 13.3 Å². The van der Waals surface area contributed by atoms with Crippen molar-refractivity contribution in [3.8, 4) is 11.5 Å². The van der Waals surface area contributed by atoms with E-state index >= 15 is 0 Å². The van der Waals surface area contributed by atoms with Crippen LogP contribution in [0.5, 0.6) is 11.5 Å². The number of para-hydroxylation sites is 3. The highest BCUT2D eigenvalue weighted by Crippen LogP contribution is 2.33. The van der Waals surface area contributed by atoms with Crippen LogP contribution in [0.3, 0.4) is 0 Å². The van der Waals surface area contributed by atoms with Gasteiger partial charge in [-0.25, -0.2) is 0 Å². The molecule has 3 rings (SSSR count). The standard InChI is InChI=1S/C22H26N2O4/c1-3-27-20-12-8-7-11-19(20)24-16-17(15-21(24)25)22(26)23(2)13-14-28-18-9-5-4-6-10-18/h4-12,17H,3,13-16H2,1-2H3. The van der Waals surface area contributed by atoms with E-state index in [1.165, 1.54) is 0 Å². The predicted octanol–water partition coefficient (Wildman–Crippen LogP) is 2.98. The van der Waals surface area contributed by atoms with E-state index in [9.17, 15) is 9.59 Å². The van der Waals surface area contributed by atoms with E-state index in [0.717, 1.165) is 11.4 Å². The molecule has 1 atom stereocenters. The third-order valence-corrected chi connectivity index (χ3v) is 4.75. The van der Waals surface area contributed by atoms with Crippen molar-refractivity contribution in [2.75, 3.05) is 38.3 Å². The van der Waals surface area contributed by atoms with Crippen molar-refractivity contribution in [3.63, 3.8) is 0 Å². The van der Waals surface area contributed by atoms with Crippen LogP contribution in [0.1, 0.15) is 13.3 Å². The van der Waals surface area contributed by atoms with Gasteiger partial charge in [0.15, 0.2) is 0 Å². The summed E-state index contributed by atoms with van der Waals surface area (Å²) in [6, 6.07) is 16.9. The summed E-state index contributed by atoms with van der Waals surface area (Å²) in [5, 5.41) is 0. The number of amides is 2. The zero-order valence-corrected chi connectivity index (χ0v) is 16.3. The molecule has 0 bridgehead atoms. The Balaban J connectivity index is 1.57. The number of likely N-dealkylation sites (N-methyl/N-ethyl adjacent to an activating group) is 1. The Kier molecular flexibility index (Phi) is 6.53. The fourth-order valence-electron chi connectivity index (χ4n) is 3.30. The lowest BCUT2D eigenvalue weighted by Gasteiger charge is -2.22. The molecule has 1 aliphatic heterocycles. The molecule has 0 radical (unpaired) electrons. The van der Waals surface area contributed by atoms with Crippen LogP contribution in [0.15, 0.2) is 54.6 Å². The van der Waals surface area contributed by atoms with Crippen LogP contribution >= 0.6 is 0 Å². The summed E-state index contributed by atoms with van der Waals surface area (Å²) in [7, 11) is 1.75. The highest BCUT2D eigenvalue weighted by atomic mass is 16.5. The zero-order valence-electron chi connectivity index (χ0n) is 16.3. The Bertz CT molecular complexity index is 809. The molecule has 28 heavy (non-hydrogen) atoms. The number of hydrogen-bond donors (Lipinski definition) is 0. The largest absolute Gasteiger partial charge is 0.492 e. The van der Waals surface area contributed by atoms with E-state index in [-0.39, 0.29) is 24.2 Å². The van der Waals surface area contributed by atoms with Crippen molar-refractivity contribution in [2.24, 2.45) is 5.92 Å². The Hall–Kier alpha value is -3.02. The van der Waals surface area contributed by atoms with Crippen LogP contribution in [0, 0.1) is 5.92 Å². The third kappa shape index (κ3) is 4.63. The fraction of sp³-hybridized carbons (Fsp3) is 0.364. The average molecular weight is 382 g/mol. The van der Waals surface area contributed by atoms with Gasteiger partial charge in [0.1, 0.15) is 18.1 Å². The molecule has 0 saturated carbocycles. The van der Waals surface area contributed by atoms with Crippen LogP contribution in [-0.4, -0.2) is 50.1 Å². The highest BCUT2D eigenvalue weighted by molar-refractivity contribution is 6.01. The van der Waals surface area contributed by atoms with Crippen LogP contribution in [0.4, 0.5) is 5.69 Å². The number of nitrogens with zero attached hydrogens (tertiary/aromatic N) is 2. The van der Waals surface area contributed by atoms with Gasteiger partial charge in [0.25, 0.3) is 0 Å². The minimum atomic E-state index is -0.357. The number of carbonyl (C=O) groups excluding carboxylic acids is 2. The third-order valence-electron chi connectivity index (χ3n) is 4.75. The van der Waals surface area contributed by atoms with Crippen molar-refractivity contribution in [1.82, 2.24) is 4.90 Å². The average Bonchev–Trinajstić information content (AvgIpc) is 3.10. The molecule has 1 unspecified atom stereocenters. The molecule has 0 N–H and O–H groups in total. The SMILES string of the molecule is CCOc1ccccc1N1CC(C(=O)N(C)CCOc2ccccc2)CC1=O. The highest BCUT2D eigenvalue weighted by Gasteiger charge is 2.37. The van der Waals surface area contributed by atoms with Gasteiger partial charge in [-0.15, -0.1) is 0 Å². The maximum absolute atomic E-state index is 12.8. The number of carbonyl (C=O) groups is 2. The number of hydrogen-bond acceptors (Lipinski definition) is 4. The van der Waals surface area contributed by atoms with Gasteiger partial charge in [-0.05, 0) is 31.2 Å². The van der Waals surface area contributed by atoms with Gasteiger partial charge in [-0.2, -0.15) is 0 Å². The first kappa shape index (κ1) is 19.7. The summed E-state index contributed by atoms with van der Waals surface area (Å²) in [5.41, 5.74) is 0.722. The first-order valence-electron chi connectivity index (χ1n) is 9.55. The number of benzene rings is 2. The number of rotatable bonds is 8. The Labute approximate surface area is 165 Å². The lowest BCUT2D eigenvalue weighted by molar-refractivity contribution is -0.134. The van der Waals surface area contributed by atoms with E-state index in [4.69, 9.17) is 9.47 Å². The molecule has 0 aromatic heterocycles. The Morgan fingerprint density at radius 3 is 2.57 bits per heavy atom. The van der Waals surface area contributed by atoms with Crippen molar-refractivity contribution in [3.05, 3.63) is 54.6 Å². The van der Waals surface area contributed by atoms with Crippen LogP contribution in [-0.2, 0) is 9.59 Å². The molecule has 2 amide bonds. The van der Waals surface area contributed by atoms with Gasteiger partial charge in [-0.1, -0.05) is 30.3 Å². The summed E-state index contributed by atoms with van der Waals surface area (Å²) in [4.78, 5) is 28.6. The summed E-state index contributed by atoms with van der Waals surface area (Å²) in [5.74, 6) is 0.985. The molecule has 6 nitrogen and oxygen atoms in total. The van der Waals surface area contributed by atoms with Crippen molar-refractivity contribution >= 4 is 17.5 Å². The molecular formula is C22H26N2O4. The fourth-order valence-corrected chi connectivity index (χ4v) is 3.30.